The highest BCUT2D eigenvalue weighted by Gasteiger charge is 2.67. The Bertz CT molecular complexity index is 1090. The van der Waals surface area contributed by atoms with Crippen molar-refractivity contribution in [3.63, 3.8) is 0 Å². The third kappa shape index (κ3) is 3.54. The molecule has 1 saturated heterocycles. The average Bonchev–Trinajstić information content (AvgIpc) is 2.95. The van der Waals surface area contributed by atoms with Gasteiger partial charge in [-0.15, -0.1) is 0 Å². The van der Waals surface area contributed by atoms with Gasteiger partial charge in [-0.1, -0.05) is 41.5 Å². The molecule has 0 bridgehead atoms. The van der Waals surface area contributed by atoms with Gasteiger partial charge in [-0.2, -0.15) is 0 Å². The number of carbonyl (C=O) groups excluding carboxylic acids is 2. The van der Waals surface area contributed by atoms with E-state index in [-0.39, 0.29) is 63.6 Å². The van der Waals surface area contributed by atoms with Crippen LogP contribution in [0.2, 0.25) is 0 Å². The molecule has 0 aromatic rings. The van der Waals surface area contributed by atoms with Crippen molar-refractivity contribution in [2.75, 3.05) is 7.11 Å². The van der Waals surface area contributed by atoms with Gasteiger partial charge in [0.2, 0.25) is 11.6 Å². The van der Waals surface area contributed by atoms with E-state index < -0.39 is 10.8 Å². The third-order valence-electron chi connectivity index (χ3n) is 12.5. The highest BCUT2D eigenvalue weighted by atomic mass is 16.5. The van der Waals surface area contributed by atoms with E-state index in [1.807, 2.05) is 0 Å². The van der Waals surface area contributed by atoms with Gasteiger partial charge >= 0.3 is 5.97 Å². The van der Waals surface area contributed by atoms with Crippen LogP contribution < -0.4 is 5.32 Å². The van der Waals surface area contributed by atoms with Crippen LogP contribution in [-0.4, -0.2) is 30.1 Å². The van der Waals surface area contributed by atoms with Crippen molar-refractivity contribution >= 4 is 11.9 Å². The van der Waals surface area contributed by atoms with Crippen molar-refractivity contribution in [2.24, 2.45) is 50.7 Å². The topological polar surface area (TPSA) is 80.0 Å². The summed E-state index contributed by atoms with van der Waals surface area (Å²) in [6.45, 7) is 21.2. The predicted octanol–water partition coefficient (Wildman–Crippen LogP) is 6.43. The molecule has 0 spiro atoms. The number of nitrogens with one attached hydrogen (secondary N) is 1. The molecule has 6 heteroatoms. The van der Waals surface area contributed by atoms with E-state index in [0.717, 1.165) is 44.9 Å². The Labute approximate surface area is 222 Å². The lowest BCUT2D eigenvalue weighted by Crippen LogP contribution is -2.63. The third-order valence-corrected chi connectivity index (χ3v) is 12.5. The normalized spacial score (nSPS) is 46.1. The van der Waals surface area contributed by atoms with E-state index in [1.54, 1.807) is 0 Å². The number of carbonyl (C=O) groups is 2. The lowest BCUT2D eigenvalue weighted by molar-refractivity contribution is -0.179. The molecule has 1 aliphatic heterocycles. The van der Waals surface area contributed by atoms with Crippen molar-refractivity contribution in [1.82, 2.24) is 5.32 Å². The lowest BCUT2D eigenvalue weighted by atomic mass is 9.39. The minimum Gasteiger partial charge on any atom is -0.523 e. The summed E-state index contributed by atoms with van der Waals surface area (Å²) in [4.78, 5) is 30.9. The molecule has 0 radical (unpaired) electrons. The molecular formula is C31H46N2O4. The number of methoxy groups -OCH3 is 1. The average molecular weight is 511 g/mol. The first kappa shape index (κ1) is 26.6. The first-order chi connectivity index (χ1) is 17.2. The summed E-state index contributed by atoms with van der Waals surface area (Å²) >= 11 is 0. The number of amides is 1. The Morgan fingerprint density at radius 3 is 2.35 bits per heavy atom. The molecule has 1 unspecified atom stereocenters. The maximum atomic E-state index is 13.8. The molecule has 8 atom stereocenters. The largest absolute Gasteiger partial charge is 0.523 e. The first-order valence-electron chi connectivity index (χ1n) is 14.3. The molecule has 4 fully saturated rings. The maximum absolute atomic E-state index is 13.8. The van der Waals surface area contributed by atoms with Gasteiger partial charge in [-0.3, -0.25) is 9.59 Å². The number of rotatable bonds is 1. The molecule has 6 nitrogen and oxygen atoms in total. The monoisotopic (exact) mass is 510 g/mol. The highest BCUT2D eigenvalue weighted by molar-refractivity contribution is 5.80. The summed E-state index contributed by atoms with van der Waals surface area (Å²) in [5.74, 6) is 0.888. The second-order valence-electron chi connectivity index (χ2n) is 15.0. The van der Waals surface area contributed by atoms with Crippen molar-refractivity contribution < 1.29 is 19.4 Å². The van der Waals surface area contributed by atoms with Crippen molar-refractivity contribution in [2.45, 2.75) is 105 Å². The number of hydrogen-bond donors (Lipinski definition) is 2. The minimum atomic E-state index is -0.519. The van der Waals surface area contributed by atoms with Gasteiger partial charge in [-0.05, 0) is 91.3 Å². The summed E-state index contributed by atoms with van der Waals surface area (Å²) in [6.07, 6.45) is 7.40. The fourth-order valence-corrected chi connectivity index (χ4v) is 10.6. The van der Waals surface area contributed by atoms with E-state index in [1.165, 1.54) is 7.11 Å². The fraction of sp³-hybridized carbons (Fsp3) is 0.839. The zero-order chi connectivity index (χ0) is 27.2. The van der Waals surface area contributed by atoms with Crippen molar-refractivity contribution in [3.8, 4) is 0 Å². The van der Waals surface area contributed by atoms with Crippen LogP contribution in [0.5, 0.6) is 0 Å². The molecular weight excluding hydrogens is 464 g/mol. The maximum Gasteiger partial charge on any atom is 0.312 e. The summed E-state index contributed by atoms with van der Waals surface area (Å²) in [5.41, 5.74) is -0.764. The molecule has 204 valence electrons. The number of esters is 1. The van der Waals surface area contributed by atoms with E-state index >= 15 is 0 Å². The minimum absolute atomic E-state index is 0.0454. The first-order valence-corrected chi connectivity index (χ1v) is 14.3. The molecule has 2 N–H and O–H groups in total. The summed E-state index contributed by atoms with van der Waals surface area (Å²) < 4.78 is 5.42. The molecule has 5 rings (SSSR count). The van der Waals surface area contributed by atoms with Gasteiger partial charge in [-0.25, -0.2) is 4.85 Å². The van der Waals surface area contributed by atoms with Gasteiger partial charge < -0.3 is 15.2 Å². The Balaban J connectivity index is 1.60. The molecule has 5 aliphatic rings. The van der Waals surface area contributed by atoms with Crippen LogP contribution in [0.25, 0.3) is 4.85 Å². The zero-order valence-electron chi connectivity index (χ0n) is 23.9. The van der Waals surface area contributed by atoms with E-state index in [4.69, 9.17) is 11.3 Å². The van der Waals surface area contributed by atoms with Crippen LogP contribution in [0.3, 0.4) is 0 Å². The molecule has 1 heterocycles. The summed E-state index contributed by atoms with van der Waals surface area (Å²) in [7, 11) is 1.51. The Kier molecular flexibility index (Phi) is 5.91. The number of fused-ring (bicyclic) bond motifs is 7. The number of aliphatic hydroxyl groups excluding tert-OH is 1. The van der Waals surface area contributed by atoms with E-state index in [9.17, 15) is 14.7 Å². The molecule has 4 aliphatic carbocycles. The number of hydrogen-bond acceptors (Lipinski definition) is 4. The van der Waals surface area contributed by atoms with E-state index in [2.05, 4.69) is 51.7 Å². The molecule has 3 saturated carbocycles. The van der Waals surface area contributed by atoms with Crippen molar-refractivity contribution in [1.29, 1.82) is 0 Å². The molecule has 1 amide bonds. The smallest absolute Gasteiger partial charge is 0.312 e. The fourth-order valence-electron chi connectivity index (χ4n) is 10.6. The zero-order valence-corrected chi connectivity index (χ0v) is 23.9. The lowest BCUT2D eigenvalue weighted by Gasteiger charge is -2.65. The van der Waals surface area contributed by atoms with Gasteiger partial charge in [0, 0.05) is 17.9 Å². The van der Waals surface area contributed by atoms with Crippen LogP contribution in [0.15, 0.2) is 11.5 Å². The second-order valence-corrected chi connectivity index (χ2v) is 15.0. The molecule has 0 aromatic carbocycles. The van der Waals surface area contributed by atoms with E-state index in [0.29, 0.717) is 18.5 Å². The van der Waals surface area contributed by atoms with Crippen molar-refractivity contribution in [3.05, 3.63) is 22.9 Å². The van der Waals surface area contributed by atoms with Crippen LogP contribution in [0.1, 0.15) is 99.3 Å². The predicted molar refractivity (Wildman–Crippen MR) is 142 cm³/mol. The van der Waals surface area contributed by atoms with Gasteiger partial charge in [0.25, 0.3) is 0 Å². The van der Waals surface area contributed by atoms with Crippen LogP contribution >= 0.6 is 0 Å². The van der Waals surface area contributed by atoms with Crippen LogP contribution in [0.4, 0.5) is 0 Å². The van der Waals surface area contributed by atoms with Gasteiger partial charge in [0.15, 0.2) is 0 Å². The van der Waals surface area contributed by atoms with Crippen LogP contribution in [-0.2, 0) is 14.3 Å². The second kappa shape index (κ2) is 8.23. The number of aliphatic hydroxyl groups is 1. The SMILES string of the molecule is [C-]#[N+]C1=C(O)C(C)(C)[C@@H]2CC[C@]3(C)[C@H](CC(=O)N[C@H]4[C@H]3CCC3(C(=O)OC)CCC(C)(C)C[C@@H]43)[C@@]2(C)C1. The molecule has 37 heavy (non-hydrogen) atoms. The number of allylic oxidation sites excluding steroid dienone is 2. The summed E-state index contributed by atoms with van der Waals surface area (Å²) in [6, 6.07) is -0.0454. The van der Waals surface area contributed by atoms with Crippen LogP contribution in [0, 0.1) is 57.3 Å². The highest BCUT2D eigenvalue weighted by Crippen LogP contribution is 2.70. The number of ether oxygens (including phenoxy) is 1. The Morgan fingerprint density at radius 1 is 1.00 bits per heavy atom. The van der Waals surface area contributed by atoms with Gasteiger partial charge in [0.05, 0.1) is 19.1 Å². The Hall–Kier alpha value is -2.03. The Morgan fingerprint density at radius 2 is 1.70 bits per heavy atom. The quantitative estimate of drug-likeness (QED) is 0.315. The molecule has 0 aromatic heterocycles. The number of nitrogens with zero attached hydrogens (tertiary/aromatic N) is 1. The summed E-state index contributed by atoms with van der Waals surface area (Å²) in [5, 5.41) is 14.5. The van der Waals surface area contributed by atoms with Gasteiger partial charge in [0.1, 0.15) is 5.76 Å². The standard InChI is InChI=1S/C31H46N2O4/c1-27(2)13-14-31(26(36)37-8)12-9-18-24(19(31)16-27)33-23(34)15-22-29(18,5)11-10-21-28(3,4)25(35)20(32-7)17-30(21,22)6/h18-19,21-22,24,35H,9-17H2,1-6,8H3,(H,33,34)/t18-,19+,21+,22+,24+,29+,30+,31?/m1/s1.